The Morgan fingerprint density at radius 3 is 1.04 bits per heavy atom. The Kier molecular flexibility index (Phi) is 8.58. The van der Waals surface area contributed by atoms with Crippen molar-refractivity contribution < 1.29 is 8.83 Å². The van der Waals surface area contributed by atoms with Gasteiger partial charge in [-0.15, -0.1) is 0 Å². The Labute approximate surface area is 421 Å². The molecule has 0 aliphatic heterocycles. The normalized spacial score (nSPS) is 12.1. The zero-order valence-corrected chi connectivity index (χ0v) is 39.4. The highest BCUT2D eigenvalue weighted by Crippen LogP contribution is 2.50. The minimum atomic E-state index is 0.637. The fraction of sp³-hybridized carbons (Fsp3) is 0. The summed E-state index contributed by atoms with van der Waals surface area (Å²) < 4.78 is 19.3. The molecule has 0 atom stereocenters. The van der Waals surface area contributed by atoms with Gasteiger partial charge in [-0.05, 0) is 117 Å². The first kappa shape index (κ1) is 40.5. The number of aromatic nitrogens is 6. The number of pyridine rings is 2. The molecule has 0 amide bonds. The maximum Gasteiger partial charge on any atom is 0.152 e. The van der Waals surface area contributed by atoms with E-state index in [2.05, 4.69) is 179 Å². The van der Waals surface area contributed by atoms with E-state index in [-0.39, 0.29) is 0 Å². The van der Waals surface area contributed by atoms with Crippen molar-refractivity contribution in [2.45, 2.75) is 0 Å². The summed E-state index contributed by atoms with van der Waals surface area (Å²) in [4.78, 5) is 21.5. The average Bonchev–Trinajstić information content (AvgIpc) is 4.04. The van der Waals surface area contributed by atoms with E-state index >= 15 is 0 Å². The minimum Gasteiger partial charge on any atom is -0.453 e. The van der Waals surface area contributed by atoms with Gasteiger partial charge < -0.3 is 17.6 Å². The summed E-state index contributed by atoms with van der Waals surface area (Å²) >= 11 is 0. The van der Waals surface area contributed by atoms with Crippen LogP contribution in [0, 0.1) is 0 Å². The second-order valence-corrected chi connectivity index (χ2v) is 18.9. The van der Waals surface area contributed by atoms with Crippen molar-refractivity contribution in [3.63, 3.8) is 0 Å². The van der Waals surface area contributed by atoms with Gasteiger partial charge in [0.25, 0.3) is 0 Å². The van der Waals surface area contributed by atoms with Gasteiger partial charge in [-0.1, -0.05) is 146 Å². The van der Waals surface area contributed by atoms with E-state index in [1.165, 1.54) is 0 Å². The molecule has 8 nitrogen and oxygen atoms in total. The Morgan fingerprint density at radius 2 is 0.662 bits per heavy atom. The van der Waals surface area contributed by atoms with Crippen molar-refractivity contribution in [3.05, 3.63) is 231 Å². The number of benzene rings is 9. The van der Waals surface area contributed by atoms with Crippen molar-refractivity contribution in [2.24, 2.45) is 0 Å². The van der Waals surface area contributed by atoms with Crippen LogP contribution in [0.5, 0.6) is 0 Å². The average molecular weight is 947 g/mol. The van der Waals surface area contributed by atoms with Gasteiger partial charge in [0.05, 0.1) is 44.5 Å². The van der Waals surface area contributed by atoms with Gasteiger partial charge in [-0.3, -0.25) is 9.97 Å². The van der Waals surface area contributed by atoms with E-state index in [0.29, 0.717) is 22.8 Å². The fourth-order valence-electron chi connectivity index (χ4n) is 11.5. The van der Waals surface area contributed by atoms with Crippen LogP contribution in [0.25, 0.3) is 155 Å². The van der Waals surface area contributed by atoms with E-state index in [4.69, 9.17) is 28.8 Å². The first-order chi connectivity index (χ1) is 36.7. The fourth-order valence-corrected chi connectivity index (χ4v) is 11.5. The molecular weight excluding hydrogens is 909 g/mol. The third kappa shape index (κ3) is 5.96. The highest BCUT2D eigenvalue weighted by molar-refractivity contribution is 6.37. The Morgan fingerprint density at radius 1 is 0.297 bits per heavy atom. The molecule has 344 valence electrons. The molecule has 0 bridgehead atoms. The summed E-state index contributed by atoms with van der Waals surface area (Å²) in [6.07, 6.45) is 3.62. The highest BCUT2D eigenvalue weighted by atomic mass is 16.3. The van der Waals surface area contributed by atoms with Crippen LogP contribution in [0.3, 0.4) is 0 Å². The van der Waals surface area contributed by atoms with Crippen molar-refractivity contribution in [2.75, 3.05) is 0 Å². The summed E-state index contributed by atoms with van der Waals surface area (Å²) in [5, 5.41) is 3.87. The van der Waals surface area contributed by atoms with Crippen LogP contribution in [-0.4, -0.2) is 28.7 Å². The van der Waals surface area contributed by atoms with Crippen molar-refractivity contribution in [1.82, 2.24) is 28.7 Å². The maximum absolute atomic E-state index is 7.22. The standard InChI is InChI=1S/C66H38N6O2/c1-5-17-39(18-6-1)43-27-29-51-53(35-43)73-55-37-45(41-21-9-3-10-22-41)33-47-57-61-62(70-60(50-26-14-16-32-68-50)59(69-61)49-25-13-15-31-67-49)58-48-34-46(42-23-11-4-12-24-42)38-56-64(48)72(66(58)65(57)71(51)63(47)55)52-30-28-44(36-54(52)74-56)40-19-7-2-8-20-40/h1-38H. The summed E-state index contributed by atoms with van der Waals surface area (Å²) in [7, 11) is 0. The van der Waals surface area contributed by atoms with Crippen LogP contribution in [0.1, 0.15) is 0 Å². The van der Waals surface area contributed by atoms with Crippen LogP contribution >= 0.6 is 0 Å². The number of fused-ring (bicyclic) bond motifs is 14. The van der Waals surface area contributed by atoms with Crippen LogP contribution < -0.4 is 0 Å². The lowest BCUT2D eigenvalue weighted by Crippen LogP contribution is -2.00. The first-order valence-electron chi connectivity index (χ1n) is 24.8. The van der Waals surface area contributed by atoms with Gasteiger partial charge >= 0.3 is 0 Å². The number of hydrogen-bond donors (Lipinski definition) is 0. The van der Waals surface area contributed by atoms with Gasteiger partial charge in [0.15, 0.2) is 22.3 Å². The second kappa shape index (κ2) is 15.7. The van der Waals surface area contributed by atoms with Crippen LogP contribution in [-0.2, 0) is 0 Å². The van der Waals surface area contributed by atoms with E-state index in [1.54, 1.807) is 0 Å². The predicted molar refractivity (Wildman–Crippen MR) is 299 cm³/mol. The molecule has 7 heterocycles. The predicted octanol–water partition coefficient (Wildman–Crippen LogP) is 17.0. The van der Waals surface area contributed by atoms with Crippen LogP contribution in [0.15, 0.2) is 240 Å². The first-order valence-corrected chi connectivity index (χ1v) is 24.8. The van der Waals surface area contributed by atoms with Gasteiger partial charge in [0.1, 0.15) is 22.4 Å². The van der Waals surface area contributed by atoms with Gasteiger partial charge in [-0.2, -0.15) is 0 Å². The zero-order chi connectivity index (χ0) is 48.4. The topological polar surface area (TPSA) is 86.7 Å². The molecule has 0 N–H and O–H groups in total. The lowest BCUT2D eigenvalue weighted by Gasteiger charge is -2.13. The van der Waals surface area contributed by atoms with E-state index in [1.807, 2.05) is 60.9 Å². The largest absolute Gasteiger partial charge is 0.453 e. The molecule has 0 saturated heterocycles. The quantitative estimate of drug-likeness (QED) is 0.154. The molecule has 16 aromatic rings. The smallest absolute Gasteiger partial charge is 0.152 e. The summed E-state index contributed by atoms with van der Waals surface area (Å²) in [5.74, 6) is 0. The second-order valence-electron chi connectivity index (χ2n) is 18.9. The summed E-state index contributed by atoms with van der Waals surface area (Å²) in [5.41, 5.74) is 21.3. The Bertz CT molecular complexity index is 4600. The van der Waals surface area contributed by atoms with Crippen LogP contribution in [0.4, 0.5) is 0 Å². The molecule has 8 heteroatoms. The van der Waals surface area contributed by atoms with Crippen LogP contribution in [0.2, 0.25) is 0 Å². The molecule has 0 aliphatic rings. The third-order valence-corrected chi connectivity index (χ3v) is 14.7. The van der Waals surface area contributed by atoms with Gasteiger partial charge in [0.2, 0.25) is 0 Å². The zero-order valence-electron chi connectivity index (χ0n) is 39.4. The van der Waals surface area contributed by atoms with Crippen molar-refractivity contribution in [1.29, 1.82) is 0 Å². The van der Waals surface area contributed by atoms with E-state index in [9.17, 15) is 0 Å². The van der Waals surface area contributed by atoms with Crippen molar-refractivity contribution in [3.8, 4) is 67.3 Å². The molecule has 0 fully saturated rings. The van der Waals surface area contributed by atoms with Crippen molar-refractivity contribution >= 4 is 88.0 Å². The van der Waals surface area contributed by atoms with E-state index < -0.39 is 0 Å². The SMILES string of the molecule is c1ccc(-c2ccc3c(c2)oc2cc(-c4ccccc4)cc4c5c6nc(-c7ccccn7)c(-c7ccccn7)nc6c6c7cc(-c8ccccc8)cc8oc9cc(-c%10ccccc%10)ccc9n(c87)c6c5n3c24)cc1. The maximum atomic E-state index is 7.22. The molecule has 7 aromatic heterocycles. The Hall–Kier alpha value is -10.2. The monoisotopic (exact) mass is 946 g/mol. The number of nitrogens with zero attached hydrogens (tertiary/aromatic N) is 6. The molecule has 0 unspecified atom stereocenters. The molecule has 0 saturated carbocycles. The molecule has 0 aliphatic carbocycles. The molecule has 74 heavy (non-hydrogen) atoms. The van der Waals surface area contributed by atoms with Gasteiger partial charge in [-0.25, -0.2) is 9.97 Å². The molecule has 0 spiro atoms. The number of hydrogen-bond acceptors (Lipinski definition) is 6. The lowest BCUT2D eigenvalue weighted by atomic mass is 9.99. The summed E-state index contributed by atoms with van der Waals surface area (Å²) in [6.45, 7) is 0. The Balaban J connectivity index is 1.20. The molecular formula is C66H38N6O2. The number of rotatable bonds is 6. The lowest BCUT2D eigenvalue weighted by molar-refractivity contribution is 0.655. The minimum absolute atomic E-state index is 0.637. The van der Waals surface area contributed by atoms with E-state index in [0.717, 1.165) is 133 Å². The third-order valence-electron chi connectivity index (χ3n) is 14.7. The van der Waals surface area contributed by atoms with Gasteiger partial charge in [0, 0.05) is 33.9 Å². The highest BCUT2D eigenvalue weighted by Gasteiger charge is 2.30. The molecule has 16 rings (SSSR count). The molecule has 0 radical (unpaired) electrons. The summed E-state index contributed by atoms with van der Waals surface area (Å²) in [6, 6.07) is 76.0. The molecule has 9 aromatic carbocycles.